The van der Waals surface area contributed by atoms with E-state index in [1.807, 2.05) is 0 Å². The molecular weight excluding hydrogens is 347 g/mol. The summed E-state index contributed by atoms with van der Waals surface area (Å²) in [6.07, 6.45) is 0. The number of aromatic nitrogens is 2. The van der Waals surface area contributed by atoms with Crippen molar-refractivity contribution >= 4 is 44.1 Å². The van der Waals surface area contributed by atoms with E-state index in [-0.39, 0.29) is 15.6 Å². The number of carboxylic acid groups (broad SMARTS) is 1. The van der Waals surface area contributed by atoms with Gasteiger partial charge >= 0.3 is 5.97 Å². The van der Waals surface area contributed by atoms with Gasteiger partial charge in [-0.3, -0.25) is 0 Å². The SMILES string of the molecule is O=C(O)c1cc(-c2cscn2)nc2cc(F)c(Br)cc12. The van der Waals surface area contributed by atoms with Gasteiger partial charge in [0.25, 0.3) is 0 Å². The fourth-order valence-electron chi connectivity index (χ4n) is 1.87. The average Bonchev–Trinajstić information content (AvgIpc) is 2.92. The lowest BCUT2D eigenvalue weighted by molar-refractivity contribution is 0.0699. The molecule has 0 unspecified atom stereocenters. The summed E-state index contributed by atoms with van der Waals surface area (Å²) < 4.78 is 13.8. The van der Waals surface area contributed by atoms with Gasteiger partial charge in [-0.1, -0.05) is 0 Å². The van der Waals surface area contributed by atoms with Crippen molar-refractivity contribution in [1.82, 2.24) is 9.97 Å². The highest BCUT2D eigenvalue weighted by Gasteiger charge is 2.15. The number of fused-ring (bicyclic) bond motifs is 1. The van der Waals surface area contributed by atoms with E-state index < -0.39 is 11.8 Å². The maximum atomic E-state index is 13.6. The standard InChI is InChI=1S/C13H6BrFN2O2S/c14-8-1-6-7(13(18)19)2-11(12-4-20-5-16-12)17-10(6)3-9(8)15/h1-5H,(H,18,19). The van der Waals surface area contributed by atoms with Gasteiger partial charge in [-0.15, -0.1) is 11.3 Å². The molecule has 3 rings (SSSR count). The molecule has 20 heavy (non-hydrogen) atoms. The molecule has 1 N–H and O–H groups in total. The van der Waals surface area contributed by atoms with Crippen LogP contribution in [-0.4, -0.2) is 21.0 Å². The van der Waals surface area contributed by atoms with E-state index in [0.29, 0.717) is 16.8 Å². The van der Waals surface area contributed by atoms with Crippen molar-refractivity contribution in [3.05, 3.63) is 44.9 Å². The molecule has 0 aliphatic carbocycles. The summed E-state index contributed by atoms with van der Waals surface area (Å²) in [6, 6.07) is 4.08. The van der Waals surface area contributed by atoms with Gasteiger partial charge in [0.1, 0.15) is 5.82 Å². The van der Waals surface area contributed by atoms with Crippen molar-refractivity contribution in [2.45, 2.75) is 0 Å². The number of hydrogen-bond acceptors (Lipinski definition) is 4. The lowest BCUT2D eigenvalue weighted by Gasteiger charge is -2.06. The summed E-state index contributed by atoms with van der Waals surface area (Å²) in [7, 11) is 0. The van der Waals surface area contributed by atoms with Crippen LogP contribution in [0, 0.1) is 5.82 Å². The van der Waals surface area contributed by atoms with Gasteiger partial charge in [0.15, 0.2) is 0 Å². The van der Waals surface area contributed by atoms with Gasteiger partial charge in [0.2, 0.25) is 0 Å². The third-order valence-electron chi connectivity index (χ3n) is 2.78. The number of carbonyl (C=O) groups is 1. The molecular formula is C13H6BrFN2O2S. The molecule has 0 bridgehead atoms. The Hall–Kier alpha value is -1.86. The maximum Gasteiger partial charge on any atom is 0.336 e. The highest BCUT2D eigenvalue weighted by Crippen LogP contribution is 2.28. The predicted octanol–water partition coefficient (Wildman–Crippen LogP) is 3.96. The third-order valence-corrected chi connectivity index (χ3v) is 3.97. The van der Waals surface area contributed by atoms with E-state index in [9.17, 15) is 14.3 Å². The van der Waals surface area contributed by atoms with Gasteiger partial charge in [0, 0.05) is 16.8 Å². The predicted molar refractivity (Wildman–Crippen MR) is 77.5 cm³/mol. The number of hydrogen-bond donors (Lipinski definition) is 1. The van der Waals surface area contributed by atoms with Crippen LogP contribution < -0.4 is 0 Å². The summed E-state index contributed by atoms with van der Waals surface area (Å²) in [5.74, 6) is -1.58. The van der Waals surface area contributed by atoms with E-state index in [1.54, 1.807) is 10.9 Å². The van der Waals surface area contributed by atoms with Crippen molar-refractivity contribution in [1.29, 1.82) is 0 Å². The van der Waals surface area contributed by atoms with Gasteiger partial charge in [-0.2, -0.15) is 0 Å². The van der Waals surface area contributed by atoms with E-state index in [4.69, 9.17) is 0 Å². The number of benzene rings is 1. The van der Waals surface area contributed by atoms with Gasteiger partial charge < -0.3 is 5.11 Å². The molecule has 0 atom stereocenters. The van der Waals surface area contributed by atoms with Crippen LogP contribution in [0.1, 0.15) is 10.4 Å². The van der Waals surface area contributed by atoms with Crippen LogP contribution in [0.5, 0.6) is 0 Å². The Balaban J connectivity index is 2.36. The van der Waals surface area contributed by atoms with Gasteiger partial charge in [-0.05, 0) is 28.1 Å². The minimum absolute atomic E-state index is 0.0682. The first-order chi connectivity index (χ1) is 9.56. The molecule has 0 amide bonds. The Bertz CT molecular complexity index is 821. The Labute approximate surface area is 125 Å². The van der Waals surface area contributed by atoms with Gasteiger partial charge in [-0.25, -0.2) is 19.2 Å². The fraction of sp³-hybridized carbons (Fsp3) is 0. The van der Waals surface area contributed by atoms with Crippen LogP contribution in [-0.2, 0) is 0 Å². The van der Waals surface area contributed by atoms with Crippen molar-refractivity contribution in [2.24, 2.45) is 0 Å². The lowest BCUT2D eigenvalue weighted by Crippen LogP contribution is -2.01. The number of nitrogens with zero attached hydrogens (tertiary/aromatic N) is 2. The minimum atomic E-state index is -1.09. The molecule has 2 heterocycles. The maximum absolute atomic E-state index is 13.6. The highest BCUT2D eigenvalue weighted by molar-refractivity contribution is 9.10. The first-order valence-corrected chi connectivity index (χ1v) is 7.21. The molecule has 3 aromatic rings. The third kappa shape index (κ3) is 2.19. The normalized spacial score (nSPS) is 10.9. The molecule has 0 saturated heterocycles. The molecule has 0 saturated carbocycles. The first kappa shape index (κ1) is 13.1. The molecule has 0 fully saturated rings. The van der Waals surface area contributed by atoms with E-state index in [1.165, 1.54) is 29.5 Å². The summed E-state index contributed by atoms with van der Waals surface area (Å²) in [5, 5.41) is 11.4. The fourth-order valence-corrected chi connectivity index (χ4v) is 2.76. The van der Waals surface area contributed by atoms with Crippen LogP contribution in [0.15, 0.2) is 33.6 Å². The zero-order chi connectivity index (χ0) is 14.3. The smallest absolute Gasteiger partial charge is 0.336 e. The number of aromatic carboxylic acids is 1. The monoisotopic (exact) mass is 352 g/mol. The molecule has 4 nitrogen and oxygen atoms in total. The second kappa shape index (κ2) is 4.92. The molecule has 7 heteroatoms. The highest BCUT2D eigenvalue weighted by atomic mass is 79.9. The average molecular weight is 353 g/mol. The van der Waals surface area contributed by atoms with Crippen LogP contribution in [0.2, 0.25) is 0 Å². The van der Waals surface area contributed by atoms with Crippen molar-refractivity contribution in [3.63, 3.8) is 0 Å². The number of carboxylic acids is 1. The Morgan fingerprint density at radius 2 is 2.10 bits per heavy atom. The molecule has 2 aromatic heterocycles. The summed E-state index contributed by atoms with van der Waals surface area (Å²) >= 11 is 4.43. The quantitative estimate of drug-likeness (QED) is 0.758. The van der Waals surface area contributed by atoms with E-state index in [2.05, 4.69) is 25.9 Å². The molecule has 0 aliphatic rings. The Morgan fingerprint density at radius 3 is 2.75 bits per heavy atom. The van der Waals surface area contributed by atoms with Crippen molar-refractivity contribution in [3.8, 4) is 11.4 Å². The number of pyridine rings is 1. The number of halogens is 2. The summed E-state index contributed by atoms with van der Waals surface area (Å²) in [6.45, 7) is 0. The molecule has 1 aromatic carbocycles. The zero-order valence-electron chi connectivity index (χ0n) is 9.80. The minimum Gasteiger partial charge on any atom is -0.478 e. The lowest BCUT2D eigenvalue weighted by atomic mass is 10.1. The number of thiazole rings is 1. The largest absolute Gasteiger partial charge is 0.478 e. The Morgan fingerprint density at radius 1 is 1.30 bits per heavy atom. The van der Waals surface area contributed by atoms with Gasteiger partial charge in [0.05, 0.1) is 32.5 Å². The molecule has 0 aliphatic heterocycles. The van der Waals surface area contributed by atoms with E-state index >= 15 is 0 Å². The zero-order valence-corrected chi connectivity index (χ0v) is 12.2. The van der Waals surface area contributed by atoms with Crippen molar-refractivity contribution in [2.75, 3.05) is 0 Å². The summed E-state index contributed by atoms with van der Waals surface area (Å²) in [4.78, 5) is 19.8. The number of rotatable bonds is 2. The second-order valence-electron chi connectivity index (χ2n) is 4.02. The first-order valence-electron chi connectivity index (χ1n) is 5.48. The van der Waals surface area contributed by atoms with Crippen LogP contribution >= 0.6 is 27.3 Å². The second-order valence-corrected chi connectivity index (χ2v) is 5.59. The van der Waals surface area contributed by atoms with Crippen LogP contribution in [0.25, 0.3) is 22.3 Å². The summed E-state index contributed by atoms with van der Waals surface area (Å²) in [5.41, 5.74) is 2.97. The Kier molecular flexibility index (Phi) is 3.23. The molecule has 0 radical (unpaired) electrons. The topological polar surface area (TPSA) is 63.1 Å². The molecule has 0 spiro atoms. The van der Waals surface area contributed by atoms with Crippen LogP contribution in [0.4, 0.5) is 4.39 Å². The molecule has 100 valence electrons. The van der Waals surface area contributed by atoms with E-state index in [0.717, 1.165) is 0 Å². The van der Waals surface area contributed by atoms with Crippen molar-refractivity contribution < 1.29 is 14.3 Å². The van der Waals surface area contributed by atoms with Crippen LogP contribution in [0.3, 0.4) is 0 Å².